The number of likely N-dealkylation sites (tertiary alicyclic amines) is 1. The summed E-state index contributed by atoms with van der Waals surface area (Å²) in [5.41, 5.74) is 8.58. The van der Waals surface area contributed by atoms with E-state index < -0.39 is 0 Å². The molecule has 2 aromatic rings. The quantitative estimate of drug-likeness (QED) is 0.840. The summed E-state index contributed by atoms with van der Waals surface area (Å²) in [5, 5.41) is 3.74. The maximum Gasteiger partial charge on any atom is 0.321 e. The zero-order chi connectivity index (χ0) is 17.6. The Morgan fingerprint density at radius 1 is 1.20 bits per heavy atom. The van der Waals surface area contributed by atoms with E-state index in [1.54, 1.807) is 0 Å². The molecule has 3 N–H and O–H groups in total. The highest BCUT2D eigenvalue weighted by Crippen LogP contribution is 2.25. The summed E-state index contributed by atoms with van der Waals surface area (Å²) in [6, 6.07) is 15.5. The lowest BCUT2D eigenvalue weighted by atomic mass is 9.95. The standard InChI is InChI=1S/C20H24ClN3O/c21-18-8-6-16(7-9-18)17-4-1-5-19(13-17)23-20(25)24-12-2-3-15(14-24)10-11-22/h1,4-9,13,15H,2-3,10-12,14,22H2,(H,23,25)/t15-/m0/s1. The first-order valence-corrected chi connectivity index (χ1v) is 9.15. The van der Waals surface area contributed by atoms with Crippen LogP contribution in [-0.4, -0.2) is 30.6 Å². The van der Waals surface area contributed by atoms with Crippen LogP contribution in [0.15, 0.2) is 48.5 Å². The van der Waals surface area contributed by atoms with E-state index in [1.807, 2.05) is 53.4 Å². The zero-order valence-corrected chi connectivity index (χ0v) is 15.0. The van der Waals surface area contributed by atoms with Crippen molar-refractivity contribution in [3.8, 4) is 11.1 Å². The Labute approximate surface area is 154 Å². The fourth-order valence-electron chi connectivity index (χ4n) is 3.34. The number of halogens is 1. The van der Waals surface area contributed by atoms with Crippen LogP contribution in [0.25, 0.3) is 11.1 Å². The molecule has 2 amide bonds. The lowest BCUT2D eigenvalue weighted by Crippen LogP contribution is -2.42. The summed E-state index contributed by atoms with van der Waals surface area (Å²) in [4.78, 5) is 14.5. The van der Waals surface area contributed by atoms with Crippen LogP contribution in [0.1, 0.15) is 19.3 Å². The first-order valence-electron chi connectivity index (χ1n) is 8.77. The first kappa shape index (κ1) is 17.8. The third-order valence-corrected chi connectivity index (χ3v) is 4.92. The molecule has 0 unspecified atom stereocenters. The third-order valence-electron chi connectivity index (χ3n) is 4.67. The van der Waals surface area contributed by atoms with Gasteiger partial charge in [0, 0.05) is 23.8 Å². The van der Waals surface area contributed by atoms with Crippen LogP contribution < -0.4 is 11.1 Å². The van der Waals surface area contributed by atoms with Crippen LogP contribution in [0.4, 0.5) is 10.5 Å². The van der Waals surface area contributed by atoms with Crippen LogP contribution in [0.2, 0.25) is 5.02 Å². The Balaban J connectivity index is 1.67. The number of nitrogens with zero attached hydrogens (tertiary/aromatic N) is 1. The number of urea groups is 1. The van der Waals surface area contributed by atoms with Crippen LogP contribution in [0.3, 0.4) is 0 Å². The van der Waals surface area contributed by atoms with Crippen molar-refractivity contribution >= 4 is 23.3 Å². The van der Waals surface area contributed by atoms with Crippen molar-refractivity contribution in [1.82, 2.24) is 4.90 Å². The van der Waals surface area contributed by atoms with Crippen molar-refractivity contribution in [3.05, 3.63) is 53.6 Å². The van der Waals surface area contributed by atoms with E-state index in [4.69, 9.17) is 17.3 Å². The number of benzene rings is 2. The smallest absolute Gasteiger partial charge is 0.321 e. The number of hydrogen-bond acceptors (Lipinski definition) is 2. The molecule has 132 valence electrons. The molecule has 2 aromatic carbocycles. The van der Waals surface area contributed by atoms with Crippen LogP contribution in [0.5, 0.6) is 0 Å². The van der Waals surface area contributed by atoms with Crippen LogP contribution in [-0.2, 0) is 0 Å². The maximum atomic E-state index is 12.6. The SMILES string of the molecule is NCC[C@@H]1CCCN(C(=O)Nc2cccc(-c3ccc(Cl)cc3)c2)C1. The summed E-state index contributed by atoms with van der Waals surface area (Å²) in [6.45, 7) is 2.28. The molecular weight excluding hydrogens is 334 g/mol. The minimum Gasteiger partial charge on any atom is -0.330 e. The number of rotatable bonds is 4. The predicted molar refractivity (Wildman–Crippen MR) is 104 cm³/mol. The average molecular weight is 358 g/mol. The minimum atomic E-state index is -0.0324. The Morgan fingerprint density at radius 2 is 2.00 bits per heavy atom. The van der Waals surface area contributed by atoms with Crippen LogP contribution in [0, 0.1) is 5.92 Å². The molecular formula is C20H24ClN3O. The summed E-state index contributed by atoms with van der Waals surface area (Å²) in [7, 11) is 0. The Hall–Kier alpha value is -2.04. The third kappa shape index (κ3) is 4.74. The van der Waals surface area contributed by atoms with Crippen molar-refractivity contribution in [1.29, 1.82) is 0 Å². The second kappa shape index (κ2) is 8.37. The number of hydrogen-bond donors (Lipinski definition) is 2. The largest absolute Gasteiger partial charge is 0.330 e. The average Bonchev–Trinajstić information content (AvgIpc) is 2.63. The molecule has 25 heavy (non-hydrogen) atoms. The van der Waals surface area contributed by atoms with Gasteiger partial charge in [0.1, 0.15) is 0 Å². The maximum absolute atomic E-state index is 12.6. The highest BCUT2D eigenvalue weighted by atomic mass is 35.5. The van der Waals surface area contributed by atoms with Gasteiger partial charge in [-0.2, -0.15) is 0 Å². The highest BCUT2D eigenvalue weighted by molar-refractivity contribution is 6.30. The van der Waals surface area contributed by atoms with E-state index in [9.17, 15) is 4.79 Å². The molecule has 0 aromatic heterocycles. The summed E-state index contributed by atoms with van der Waals surface area (Å²) >= 11 is 5.95. The van der Waals surface area contributed by atoms with Gasteiger partial charge in [0.2, 0.25) is 0 Å². The fraction of sp³-hybridized carbons (Fsp3) is 0.350. The second-order valence-electron chi connectivity index (χ2n) is 6.55. The number of nitrogens with one attached hydrogen (secondary N) is 1. The van der Waals surface area contributed by atoms with Gasteiger partial charge in [-0.05, 0) is 67.1 Å². The van der Waals surface area contributed by atoms with E-state index >= 15 is 0 Å². The van der Waals surface area contributed by atoms with Gasteiger partial charge in [0.05, 0.1) is 0 Å². The van der Waals surface area contributed by atoms with E-state index in [0.29, 0.717) is 17.5 Å². The predicted octanol–water partition coefficient (Wildman–Crippen LogP) is 4.60. The molecule has 0 spiro atoms. The number of amides is 2. The summed E-state index contributed by atoms with van der Waals surface area (Å²) < 4.78 is 0. The van der Waals surface area contributed by atoms with E-state index in [2.05, 4.69) is 5.32 Å². The number of nitrogens with two attached hydrogens (primary N) is 1. The van der Waals surface area contributed by atoms with Gasteiger partial charge in [0.15, 0.2) is 0 Å². The first-order chi connectivity index (χ1) is 12.2. The number of carbonyl (C=O) groups excluding carboxylic acids is 1. The monoisotopic (exact) mass is 357 g/mol. The number of piperidine rings is 1. The molecule has 0 saturated carbocycles. The highest BCUT2D eigenvalue weighted by Gasteiger charge is 2.23. The zero-order valence-electron chi connectivity index (χ0n) is 14.2. The van der Waals surface area contributed by atoms with Crippen molar-refractivity contribution < 1.29 is 4.79 Å². The van der Waals surface area contributed by atoms with Gasteiger partial charge >= 0.3 is 6.03 Å². The van der Waals surface area contributed by atoms with E-state index in [1.165, 1.54) is 0 Å². The van der Waals surface area contributed by atoms with Crippen molar-refractivity contribution in [2.75, 3.05) is 25.0 Å². The van der Waals surface area contributed by atoms with Gasteiger partial charge in [-0.15, -0.1) is 0 Å². The molecule has 1 fully saturated rings. The molecule has 1 aliphatic rings. The lowest BCUT2D eigenvalue weighted by Gasteiger charge is -2.32. The molecule has 4 nitrogen and oxygen atoms in total. The molecule has 0 radical (unpaired) electrons. The van der Waals surface area contributed by atoms with Crippen LogP contribution >= 0.6 is 11.6 Å². The second-order valence-corrected chi connectivity index (χ2v) is 6.99. The van der Waals surface area contributed by atoms with Crippen molar-refractivity contribution in [3.63, 3.8) is 0 Å². The van der Waals surface area contributed by atoms with Crippen molar-refractivity contribution in [2.45, 2.75) is 19.3 Å². The van der Waals surface area contributed by atoms with Gasteiger partial charge in [-0.25, -0.2) is 4.79 Å². The molecule has 1 aliphatic heterocycles. The topological polar surface area (TPSA) is 58.4 Å². The van der Waals surface area contributed by atoms with E-state index in [0.717, 1.165) is 49.2 Å². The molecule has 5 heteroatoms. The van der Waals surface area contributed by atoms with Gasteiger partial charge in [-0.3, -0.25) is 0 Å². The summed E-state index contributed by atoms with van der Waals surface area (Å²) in [5.74, 6) is 0.518. The van der Waals surface area contributed by atoms with Crippen molar-refractivity contribution in [2.24, 2.45) is 11.7 Å². The molecule has 0 bridgehead atoms. The van der Waals surface area contributed by atoms with Gasteiger partial charge in [0.25, 0.3) is 0 Å². The van der Waals surface area contributed by atoms with E-state index in [-0.39, 0.29) is 6.03 Å². The molecule has 3 rings (SSSR count). The Kier molecular flexibility index (Phi) is 5.95. The fourth-order valence-corrected chi connectivity index (χ4v) is 3.47. The Morgan fingerprint density at radius 3 is 2.76 bits per heavy atom. The van der Waals surface area contributed by atoms with Gasteiger partial charge < -0.3 is 16.0 Å². The molecule has 0 aliphatic carbocycles. The number of anilines is 1. The van der Waals surface area contributed by atoms with Gasteiger partial charge in [-0.1, -0.05) is 35.9 Å². The minimum absolute atomic E-state index is 0.0324. The summed E-state index contributed by atoms with van der Waals surface area (Å²) in [6.07, 6.45) is 3.19. The Bertz CT molecular complexity index is 715. The number of carbonyl (C=O) groups is 1. The normalized spacial score (nSPS) is 17.4. The molecule has 1 atom stereocenters. The lowest BCUT2D eigenvalue weighted by molar-refractivity contribution is 0.175. The molecule has 1 saturated heterocycles. The molecule has 1 heterocycles.